The molecule has 0 saturated heterocycles. The first-order chi connectivity index (χ1) is 15.7. The van der Waals surface area contributed by atoms with E-state index in [0.29, 0.717) is 28.2 Å². The van der Waals surface area contributed by atoms with Gasteiger partial charge in [-0.2, -0.15) is 0 Å². The standard InChI is InChI=1S/C22H20ClN3O5S/c1-28-21(27)19(26-29-2)18-7-4-3-6-16(18)14-30-17-10-8-15(9-11-17)20-24-25-22(31-20)32-13-5-12-23/h3-12H,13-14H2,1-2H3/b12-5+,26-19-. The summed E-state index contributed by atoms with van der Waals surface area (Å²) in [4.78, 5) is 16.9. The van der Waals surface area contributed by atoms with E-state index in [1.165, 1.54) is 31.5 Å². The summed E-state index contributed by atoms with van der Waals surface area (Å²) in [6.45, 7) is 0.213. The SMILES string of the molecule is CO/N=C(\C(=O)OC)c1ccccc1COc1ccc(-c2nnc(SC/C=C/Cl)o2)cc1. The smallest absolute Gasteiger partial charge is 0.360 e. The Morgan fingerprint density at radius 2 is 1.94 bits per heavy atom. The van der Waals surface area contributed by atoms with Crippen LogP contribution in [-0.2, 0) is 21.0 Å². The van der Waals surface area contributed by atoms with Gasteiger partial charge in [-0.25, -0.2) is 4.79 Å². The Morgan fingerprint density at radius 3 is 2.66 bits per heavy atom. The molecule has 3 aromatic rings. The van der Waals surface area contributed by atoms with Crippen LogP contribution in [0.1, 0.15) is 11.1 Å². The number of hydrogen-bond acceptors (Lipinski definition) is 9. The maximum absolute atomic E-state index is 12.1. The van der Waals surface area contributed by atoms with E-state index in [-0.39, 0.29) is 12.3 Å². The Hall–Kier alpha value is -3.30. The Bertz CT molecular complexity index is 1100. The molecular formula is C22H20ClN3O5S. The number of hydrogen-bond donors (Lipinski definition) is 0. The van der Waals surface area contributed by atoms with Crippen LogP contribution < -0.4 is 4.74 Å². The van der Waals surface area contributed by atoms with Gasteiger partial charge in [-0.1, -0.05) is 58.9 Å². The van der Waals surface area contributed by atoms with Gasteiger partial charge in [0.25, 0.3) is 5.22 Å². The summed E-state index contributed by atoms with van der Waals surface area (Å²) in [6.07, 6.45) is 1.79. The van der Waals surface area contributed by atoms with Crippen molar-refractivity contribution in [2.75, 3.05) is 20.0 Å². The molecule has 8 nitrogen and oxygen atoms in total. The second-order valence-electron chi connectivity index (χ2n) is 6.13. The Kier molecular flexibility index (Phi) is 8.70. The number of nitrogens with zero attached hydrogens (tertiary/aromatic N) is 3. The molecule has 0 spiro atoms. The van der Waals surface area contributed by atoms with Crippen LogP contribution >= 0.6 is 23.4 Å². The molecule has 1 heterocycles. The van der Waals surface area contributed by atoms with Crippen molar-refractivity contribution >= 4 is 35.0 Å². The molecule has 0 amide bonds. The number of methoxy groups -OCH3 is 1. The number of ether oxygens (including phenoxy) is 2. The number of benzene rings is 2. The molecule has 0 fully saturated rings. The predicted octanol–water partition coefficient (Wildman–Crippen LogP) is 4.68. The second-order valence-corrected chi connectivity index (χ2v) is 7.35. The van der Waals surface area contributed by atoms with E-state index in [0.717, 1.165) is 11.1 Å². The first-order valence-corrected chi connectivity index (χ1v) is 10.8. The van der Waals surface area contributed by atoms with Gasteiger partial charge in [0.05, 0.1) is 7.11 Å². The van der Waals surface area contributed by atoms with E-state index in [1.54, 1.807) is 30.3 Å². The summed E-state index contributed by atoms with van der Waals surface area (Å²) < 4.78 is 16.3. The summed E-state index contributed by atoms with van der Waals surface area (Å²) in [5, 5.41) is 12.3. The lowest BCUT2D eigenvalue weighted by molar-refractivity contribution is -0.132. The minimum atomic E-state index is -0.598. The molecule has 32 heavy (non-hydrogen) atoms. The molecule has 0 aliphatic rings. The van der Waals surface area contributed by atoms with Crippen LogP contribution in [0.4, 0.5) is 0 Å². The van der Waals surface area contributed by atoms with Crippen molar-refractivity contribution in [3.63, 3.8) is 0 Å². The second kappa shape index (κ2) is 11.9. The number of esters is 1. The van der Waals surface area contributed by atoms with E-state index in [1.807, 2.05) is 24.3 Å². The summed E-state index contributed by atoms with van der Waals surface area (Å²) in [6, 6.07) is 14.5. The molecule has 0 unspecified atom stereocenters. The maximum atomic E-state index is 12.1. The number of rotatable bonds is 10. The summed E-state index contributed by atoms with van der Waals surface area (Å²) in [7, 11) is 2.65. The lowest BCUT2D eigenvalue weighted by Gasteiger charge is -2.12. The highest BCUT2D eigenvalue weighted by molar-refractivity contribution is 7.99. The average Bonchev–Trinajstić information content (AvgIpc) is 3.30. The predicted molar refractivity (Wildman–Crippen MR) is 122 cm³/mol. The van der Waals surface area contributed by atoms with Gasteiger partial charge in [0.2, 0.25) is 5.89 Å². The Labute approximate surface area is 194 Å². The third-order valence-corrected chi connectivity index (χ3v) is 5.08. The average molecular weight is 474 g/mol. The Morgan fingerprint density at radius 1 is 1.16 bits per heavy atom. The highest BCUT2D eigenvalue weighted by Gasteiger charge is 2.19. The zero-order valence-corrected chi connectivity index (χ0v) is 18.9. The number of thioether (sulfide) groups is 1. The quantitative estimate of drug-likeness (QED) is 0.181. The van der Waals surface area contributed by atoms with Crippen molar-refractivity contribution in [1.82, 2.24) is 10.2 Å². The number of carbonyl (C=O) groups is 1. The van der Waals surface area contributed by atoms with Gasteiger partial charge in [-0.05, 0) is 29.8 Å². The van der Waals surface area contributed by atoms with Crippen LogP contribution in [0, 0.1) is 0 Å². The van der Waals surface area contributed by atoms with Gasteiger partial charge in [-0.3, -0.25) is 0 Å². The minimum absolute atomic E-state index is 0.0659. The zero-order valence-electron chi connectivity index (χ0n) is 17.4. The van der Waals surface area contributed by atoms with Gasteiger partial charge in [0.15, 0.2) is 5.71 Å². The van der Waals surface area contributed by atoms with E-state index >= 15 is 0 Å². The van der Waals surface area contributed by atoms with E-state index in [2.05, 4.69) is 15.4 Å². The van der Waals surface area contributed by atoms with Crippen molar-refractivity contribution in [1.29, 1.82) is 0 Å². The highest BCUT2D eigenvalue weighted by atomic mass is 35.5. The maximum Gasteiger partial charge on any atom is 0.360 e. The van der Waals surface area contributed by atoms with Crippen LogP contribution in [-0.4, -0.2) is 41.9 Å². The molecule has 2 aromatic carbocycles. The summed E-state index contributed by atoms with van der Waals surface area (Å²) in [5.74, 6) is 1.09. The van der Waals surface area contributed by atoms with Crippen molar-refractivity contribution in [3.8, 4) is 17.2 Å². The highest BCUT2D eigenvalue weighted by Crippen LogP contribution is 2.25. The third kappa shape index (κ3) is 6.12. The molecule has 0 saturated carbocycles. The first kappa shape index (κ1) is 23.4. The topological polar surface area (TPSA) is 96.0 Å². The fourth-order valence-corrected chi connectivity index (χ4v) is 3.42. The van der Waals surface area contributed by atoms with Crippen molar-refractivity contribution < 1.29 is 23.5 Å². The summed E-state index contributed by atoms with van der Waals surface area (Å²) >= 11 is 6.90. The van der Waals surface area contributed by atoms with Gasteiger partial charge in [0.1, 0.15) is 19.5 Å². The monoisotopic (exact) mass is 473 g/mol. The fraction of sp³-hybridized carbons (Fsp3) is 0.182. The largest absolute Gasteiger partial charge is 0.489 e. The van der Waals surface area contributed by atoms with Crippen LogP contribution in [0.15, 0.2) is 74.9 Å². The van der Waals surface area contributed by atoms with Crippen molar-refractivity contribution in [2.24, 2.45) is 5.16 Å². The molecule has 0 atom stereocenters. The molecule has 166 valence electrons. The fourth-order valence-electron chi connectivity index (χ4n) is 2.66. The van der Waals surface area contributed by atoms with E-state index < -0.39 is 5.97 Å². The van der Waals surface area contributed by atoms with Crippen LogP contribution in [0.25, 0.3) is 11.5 Å². The van der Waals surface area contributed by atoms with Gasteiger partial charge in [-0.15, -0.1) is 10.2 Å². The molecule has 10 heteroatoms. The lowest BCUT2D eigenvalue weighted by Crippen LogP contribution is -2.19. The molecule has 0 aliphatic heterocycles. The van der Waals surface area contributed by atoms with Crippen molar-refractivity contribution in [3.05, 3.63) is 71.3 Å². The van der Waals surface area contributed by atoms with Gasteiger partial charge < -0.3 is 18.7 Å². The molecule has 0 N–H and O–H groups in total. The summed E-state index contributed by atoms with van der Waals surface area (Å²) in [5.41, 5.74) is 3.60. The van der Waals surface area contributed by atoms with Crippen molar-refractivity contribution in [2.45, 2.75) is 11.8 Å². The number of carbonyl (C=O) groups excluding carboxylic acids is 1. The van der Waals surface area contributed by atoms with Gasteiger partial charge in [0, 0.05) is 22.4 Å². The molecule has 0 radical (unpaired) electrons. The number of aromatic nitrogens is 2. The normalized spacial score (nSPS) is 11.5. The molecule has 1 aromatic heterocycles. The minimum Gasteiger partial charge on any atom is -0.489 e. The lowest BCUT2D eigenvalue weighted by atomic mass is 10.0. The molecular weight excluding hydrogens is 454 g/mol. The number of oxime groups is 1. The van der Waals surface area contributed by atoms with Crippen LogP contribution in [0.5, 0.6) is 5.75 Å². The molecule has 3 rings (SSSR count). The van der Waals surface area contributed by atoms with Gasteiger partial charge >= 0.3 is 5.97 Å². The van der Waals surface area contributed by atoms with Crippen LogP contribution in [0.3, 0.4) is 0 Å². The number of halogens is 1. The van der Waals surface area contributed by atoms with E-state index in [4.69, 9.17) is 30.3 Å². The molecule has 0 aliphatic carbocycles. The van der Waals surface area contributed by atoms with E-state index in [9.17, 15) is 4.79 Å². The first-order valence-electron chi connectivity index (χ1n) is 9.38. The molecule has 0 bridgehead atoms. The third-order valence-electron chi connectivity index (χ3n) is 4.13. The zero-order chi connectivity index (χ0) is 22.8. The Balaban J connectivity index is 1.69. The van der Waals surface area contributed by atoms with Crippen LogP contribution in [0.2, 0.25) is 0 Å².